The molecule has 114 valence electrons. The minimum absolute atomic E-state index is 0.0972. The zero-order chi connectivity index (χ0) is 15.4. The molecule has 0 aliphatic heterocycles. The molecule has 2 N–H and O–H groups in total. The molecule has 0 bridgehead atoms. The molecule has 0 radical (unpaired) electrons. The Morgan fingerprint density at radius 3 is 2.71 bits per heavy atom. The first-order chi connectivity index (χ1) is 9.97. The highest BCUT2D eigenvalue weighted by atomic mass is 35.5. The lowest BCUT2D eigenvalue weighted by Crippen LogP contribution is -2.30. The van der Waals surface area contributed by atoms with Gasteiger partial charge in [-0.05, 0) is 30.5 Å². The van der Waals surface area contributed by atoms with Crippen molar-refractivity contribution in [1.29, 1.82) is 0 Å². The number of aromatic nitrogens is 2. The van der Waals surface area contributed by atoms with E-state index in [0.29, 0.717) is 23.3 Å². The fourth-order valence-electron chi connectivity index (χ4n) is 2.12. The van der Waals surface area contributed by atoms with Gasteiger partial charge in [-0.15, -0.1) is 0 Å². The van der Waals surface area contributed by atoms with Crippen LogP contribution in [-0.4, -0.2) is 21.8 Å². The van der Waals surface area contributed by atoms with Gasteiger partial charge in [0.1, 0.15) is 0 Å². The summed E-state index contributed by atoms with van der Waals surface area (Å²) in [6.07, 6.45) is -0.644. The number of hydrogen-bond acceptors (Lipinski definition) is 5. The van der Waals surface area contributed by atoms with E-state index in [2.05, 4.69) is 29.3 Å². The molecule has 2 atom stereocenters. The zero-order valence-corrected chi connectivity index (χ0v) is 13.1. The molecule has 1 aromatic carbocycles. The van der Waals surface area contributed by atoms with E-state index in [9.17, 15) is 5.11 Å². The number of nitrogens with one attached hydrogen (secondary N) is 1. The van der Waals surface area contributed by atoms with Crippen LogP contribution < -0.4 is 5.32 Å². The molecule has 0 aliphatic rings. The molecule has 0 saturated heterocycles. The summed E-state index contributed by atoms with van der Waals surface area (Å²) in [5.74, 6) is 1.41. The lowest BCUT2D eigenvalue weighted by molar-refractivity contribution is 0.160. The number of aryl methyl sites for hydroxylation is 1. The van der Waals surface area contributed by atoms with Gasteiger partial charge in [0.15, 0.2) is 5.82 Å². The van der Waals surface area contributed by atoms with Crippen LogP contribution in [0.15, 0.2) is 28.8 Å². The largest absolute Gasteiger partial charge is 0.387 e. The molecule has 2 unspecified atom stereocenters. The second kappa shape index (κ2) is 7.02. The number of hydrogen-bond donors (Lipinski definition) is 2. The minimum Gasteiger partial charge on any atom is -0.387 e. The number of aliphatic hydroxyl groups excluding tert-OH is 1. The lowest BCUT2D eigenvalue weighted by Gasteiger charge is -2.21. The van der Waals surface area contributed by atoms with Crippen LogP contribution in [0.2, 0.25) is 5.02 Å². The Balaban J connectivity index is 2.02. The smallest absolute Gasteiger partial charge is 0.244 e. The first-order valence-electron chi connectivity index (χ1n) is 6.94. The van der Waals surface area contributed by atoms with Crippen molar-refractivity contribution in [1.82, 2.24) is 15.5 Å². The fraction of sp³-hybridized carbons (Fsp3) is 0.467. The van der Waals surface area contributed by atoms with Gasteiger partial charge in [0.25, 0.3) is 0 Å². The molecule has 1 heterocycles. The topological polar surface area (TPSA) is 71.2 Å². The van der Waals surface area contributed by atoms with E-state index in [0.717, 1.165) is 5.56 Å². The predicted molar refractivity (Wildman–Crippen MR) is 81.0 cm³/mol. The Morgan fingerprint density at radius 1 is 1.38 bits per heavy atom. The van der Waals surface area contributed by atoms with E-state index in [1.54, 1.807) is 19.1 Å². The minimum atomic E-state index is -0.644. The summed E-state index contributed by atoms with van der Waals surface area (Å²) in [6.45, 7) is 6.28. The van der Waals surface area contributed by atoms with Crippen molar-refractivity contribution in [3.8, 4) is 0 Å². The summed E-state index contributed by atoms with van der Waals surface area (Å²) in [7, 11) is 0. The second-order valence-electron chi connectivity index (χ2n) is 5.38. The van der Waals surface area contributed by atoms with Crippen molar-refractivity contribution in [2.24, 2.45) is 5.92 Å². The van der Waals surface area contributed by atoms with E-state index in [1.807, 2.05) is 12.1 Å². The van der Waals surface area contributed by atoms with Crippen LogP contribution in [0.25, 0.3) is 0 Å². The first-order valence-corrected chi connectivity index (χ1v) is 7.32. The van der Waals surface area contributed by atoms with Gasteiger partial charge in [0.2, 0.25) is 5.89 Å². The van der Waals surface area contributed by atoms with Crippen LogP contribution in [0.4, 0.5) is 0 Å². The number of benzene rings is 1. The third-order valence-corrected chi connectivity index (χ3v) is 3.48. The van der Waals surface area contributed by atoms with Crippen molar-refractivity contribution in [3.63, 3.8) is 0 Å². The number of rotatable bonds is 6. The highest BCUT2D eigenvalue weighted by molar-refractivity contribution is 6.30. The van der Waals surface area contributed by atoms with Crippen LogP contribution in [0.3, 0.4) is 0 Å². The first kappa shape index (κ1) is 15.9. The highest BCUT2D eigenvalue weighted by Crippen LogP contribution is 2.22. The molecule has 2 aromatic rings. The molecular formula is C15H20ClN3O2. The summed E-state index contributed by atoms with van der Waals surface area (Å²) >= 11 is 5.94. The quantitative estimate of drug-likeness (QED) is 0.858. The van der Waals surface area contributed by atoms with E-state index in [4.69, 9.17) is 16.1 Å². The molecule has 0 fully saturated rings. The second-order valence-corrected chi connectivity index (χ2v) is 5.82. The van der Waals surface area contributed by atoms with Gasteiger partial charge in [0, 0.05) is 11.6 Å². The molecule has 0 spiro atoms. The SMILES string of the molecule is Cc1noc(C(NCC(O)c2cccc(Cl)c2)C(C)C)n1. The van der Waals surface area contributed by atoms with Crippen LogP contribution in [0, 0.1) is 12.8 Å². The van der Waals surface area contributed by atoms with Crippen LogP contribution in [0.1, 0.15) is 43.3 Å². The number of halogens is 1. The van der Waals surface area contributed by atoms with Crippen LogP contribution in [0.5, 0.6) is 0 Å². The van der Waals surface area contributed by atoms with Gasteiger partial charge in [-0.3, -0.25) is 0 Å². The van der Waals surface area contributed by atoms with Crippen molar-refractivity contribution in [3.05, 3.63) is 46.6 Å². The van der Waals surface area contributed by atoms with Gasteiger partial charge in [-0.1, -0.05) is 42.7 Å². The average Bonchev–Trinajstić information content (AvgIpc) is 2.85. The van der Waals surface area contributed by atoms with Crippen molar-refractivity contribution >= 4 is 11.6 Å². The Morgan fingerprint density at radius 2 is 2.14 bits per heavy atom. The van der Waals surface area contributed by atoms with Crippen LogP contribution in [-0.2, 0) is 0 Å². The molecular weight excluding hydrogens is 290 g/mol. The molecule has 0 saturated carbocycles. The molecule has 6 heteroatoms. The van der Waals surface area contributed by atoms with Gasteiger partial charge in [-0.2, -0.15) is 4.98 Å². The Hall–Kier alpha value is -1.43. The highest BCUT2D eigenvalue weighted by Gasteiger charge is 2.22. The maximum absolute atomic E-state index is 10.2. The van der Waals surface area contributed by atoms with E-state index < -0.39 is 6.10 Å². The number of aliphatic hydroxyl groups is 1. The maximum atomic E-state index is 10.2. The maximum Gasteiger partial charge on any atom is 0.244 e. The molecule has 2 rings (SSSR count). The summed E-state index contributed by atoms with van der Waals surface area (Å²) in [4.78, 5) is 4.25. The van der Waals surface area contributed by atoms with Gasteiger partial charge < -0.3 is 14.9 Å². The standard InChI is InChI=1S/C15H20ClN3O2/c1-9(2)14(15-18-10(3)19-21-15)17-8-13(20)11-5-4-6-12(16)7-11/h4-7,9,13-14,17,20H,8H2,1-3H3. The third kappa shape index (κ3) is 4.27. The zero-order valence-electron chi connectivity index (χ0n) is 12.4. The van der Waals surface area contributed by atoms with Gasteiger partial charge in [-0.25, -0.2) is 0 Å². The van der Waals surface area contributed by atoms with Crippen LogP contribution >= 0.6 is 11.6 Å². The summed E-state index contributed by atoms with van der Waals surface area (Å²) < 4.78 is 5.22. The average molecular weight is 310 g/mol. The molecule has 1 aromatic heterocycles. The summed E-state index contributed by atoms with van der Waals surface area (Å²) in [5.41, 5.74) is 0.777. The predicted octanol–water partition coefficient (Wildman–Crippen LogP) is 3.05. The van der Waals surface area contributed by atoms with E-state index >= 15 is 0 Å². The summed E-state index contributed by atoms with van der Waals surface area (Å²) in [5, 5.41) is 17.9. The Kier molecular flexibility index (Phi) is 5.33. The van der Waals surface area contributed by atoms with Crippen molar-refractivity contribution in [2.75, 3.05) is 6.54 Å². The van der Waals surface area contributed by atoms with Crippen molar-refractivity contribution in [2.45, 2.75) is 32.9 Å². The van der Waals surface area contributed by atoms with E-state index in [1.165, 1.54) is 0 Å². The summed E-state index contributed by atoms with van der Waals surface area (Å²) in [6, 6.07) is 7.11. The molecule has 5 nitrogen and oxygen atoms in total. The Labute approximate surface area is 129 Å². The van der Waals surface area contributed by atoms with E-state index in [-0.39, 0.29) is 12.0 Å². The lowest BCUT2D eigenvalue weighted by atomic mass is 10.0. The monoisotopic (exact) mass is 309 g/mol. The number of nitrogens with zero attached hydrogens (tertiary/aromatic N) is 2. The van der Waals surface area contributed by atoms with Crippen molar-refractivity contribution < 1.29 is 9.63 Å². The fourth-order valence-corrected chi connectivity index (χ4v) is 2.32. The van der Waals surface area contributed by atoms with Gasteiger partial charge in [0.05, 0.1) is 12.1 Å². The third-order valence-electron chi connectivity index (χ3n) is 3.24. The Bertz CT molecular complexity index is 586. The normalized spacial score (nSPS) is 14.4. The van der Waals surface area contributed by atoms with Gasteiger partial charge >= 0.3 is 0 Å². The molecule has 0 aliphatic carbocycles. The molecule has 21 heavy (non-hydrogen) atoms. The molecule has 0 amide bonds.